The van der Waals surface area contributed by atoms with E-state index in [0.29, 0.717) is 11.8 Å². The molecule has 1 N–H and O–H groups in total. The van der Waals surface area contributed by atoms with E-state index in [-0.39, 0.29) is 10.8 Å². The van der Waals surface area contributed by atoms with Gasteiger partial charge in [0.15, 0.2) is 0 Å². The maximum Gasteiger partial charge on any atom is 0.115 e. The molecule has 1 aliphatic carbocycles. The first-order valence-corrected chi connectivity index (χ1v) is 8.96. The van der Waals surface area contributed by atoms with Crippen LogP contribution in [0, 0.1) is 0 Å². The Morgan fingerprint density at radius 2 is 1.95 bits per heavy atom. The Bertz CT molecular complexity index is 551. The van der Waals surface area contributed by atoms with Crippen LogP contribution in [0.5, 0.6) is 5.75 Å². The van der Waals surface area contributed by atoms with Crippen LogP contribution in [0.4, 0.5) is 0 Å². The van der Waals surface area contributed by atoms with Crippen LogP contribution in [0.15, 0.2) is 18.2 Å². The summed E-state index contributed by atoms with van der Waals surface area (Å²) in [7, 11) is 0. The van der Waals surface area contributed by atoms with Gasteiger partial charge in [-0.15, -0.1) is 0 Å². The Hall–Kier alpha value is -1.02. The van der Waals surface area contributed by atoms with E-state index in [4.69, 9.17) is 0 Å². The van der Waals surface area contributed by atoms with Gasteiger partial charge in [0, 0.05) is 11.5 Å². The number of fused-ring (bicyclic) bond motifs is 4. The van der Waals surface area contributed by atoms with Crippen LogP contribution in [0.25, 0.3) is 0 Å². The maximum absolute atomic E-state index is 9.95. The van der Waals surface area contributed by atoms with Gasteiger partial charge in [0.2, 0.25) is 0 Å². The van der Waals surface area contributed by atoms with Crippen molar-refractivity contribution in [3.8, 4) is 5.75 Å². The number of phenols is 1. The second-order valence-corrected chi connectivity index (χ2v) is 8.23. The highest BCUT2D eigenvalue weighted by atomic mass is 16.3. The Morgan fingerprint density at radius 1 is 1.18 bits per heavy atom. The molecule has 0 spiro atoms. The molecular weight excluding hydrogens is 270 g/mol. The molecule has 1 saturated heterocycles. The molecule has 2 unspecified atom stereocenters. The van der Waals surface area contributed by atoms with Gasteiger partial charge < -0.3 is 5.11 Å². The molecule has 3 rings (SSSR count). The Labute approximate surface area is 135 Å². The summed E-state index contributed by atoms with van der Waals surface area (Å²) in [5.74, 6) is 0.416. The number of benzene rings is 1. The average Bonchev–Trinajstić information content (AvgIpc) is 2.47. The summed E-state index contributed by atoms with van der Waals surface area (Å²) in [6, 6.07) is 6.69. The van der Waals surface area contributed by atoms with E-state index in [9.17, 15) is 5.11 Å². The third kappa shape index (κ3) is 2.46. The van der Waals surface area contributed by atoms with Crippen molar-refractivity contribution >= 4 is 0 Å². The Kier molecular flexibility index (Phi) is 4.01. The summed E-state index contributed by atoms with van der Waals surface area (Å²) in [5, 5.41) is 9.95. The molecule has 1 aromatic rings. The molecule has 22 heavy (non-hydrogen) atoms. The third-order valence-electron chi connectivity index (χ3n) is 6.26. The zero-order valence-electron chi connectivity index (χ0n) is 14.7. The van der Waals surface area contributed by atoms with E-state index in [0.717, 1.165) is 0 Å². The first-order valence-electron chi connectivity index (χ1n) is 8.96. The maximum atomic E-state index is 9.95. The summed E-state index contributed by atoms with van der Waals surface area (Å²) in [5.41, 5.74) is 3.23. The molecule has 0 radical (unpaired) electrons. The van der Waals surface area contributed by atoms with E-state index in [1.54, 1.807) is 0 Å². The minimum Gasteiger partial charge on any atom is -0.508 e. The monoisotopic (exact) mass is 301 g/mol. The van der Waals surface area contributed by atoms with Crippen molar-refractivity contribution in [3.63, 3.8) is 0 Å². The highest BCUT2D eigenvalue weighted by molar-refractivity contribution is 5.47. The van der Waals surface area contributed by atoms with Crippen molar-refractivity contribution in [2.75, 3.05) is 13.1 Å². The molecule has 2 nitrogen and oxygen atoms in total. The number of piperidine rings is 1. The minimum atomic E-state index is 0.162. The smallest absolute Gasteiger partial charge is 0.115 e. The van der Waals surface area contributed by atoms with Gasteiger partial charge in [-0.05, 0) is 61.0 Å². The Morgan fingerprint density at radius 3 is 2.68 bits per heavy atom. The highest BCUT2D eigenvalue weighted by Crippen LogP contribution is 2.52. The van der Waals surface area contributed by atoms with Crippen molar-refractivity contribution < 1.29 is 5.11 Å². The molecule has 1 fully saturated rings. The van der Waals surface area contributed by atoms with Gasteiger partial charge in [0.25, 0.3) is 0 Å². The van der Waals surface area contributed by atoms with Crippen molar-refractivity contribution in [1.29, 1.82) is 0 Å². The fourth-order valence-corrected chi connectivity index (χ4v) is 4.77. The van der Waals surface area contributed by atoms with E-state index in [1.165, 1.54) is 56.3 Å². The van der Waals surface area contributed by atoms with Crippen LogP contribution >= 0.6 is 0 Å². The van der Waals surface area contributed by atoms with Crippen molar-refractivity contribution in [1.82, 2.24) is 4.90 Å². The van der Waals surface area contributed by atoms with E-state index in [2.05, 4.69) is 38.7 Å². The topological polar surface area (TPSA) is 23.5 Å². The van der Waals surface area contributed by atoms with Crippen LogP contribution in [0.1, 0.15) is 70.9 Å². The number of rotatable bonds is 4. The SMILES string of the molecule is CCCCCN1CCC2(C)CC1C(C)(C)c1ccc(O)cc12. The number of unbranched alkanes of at least 4 members (excludes halogenated alkanes) is 2. The summed E-state index contributed by atoms with van der Waals surface area (Å²) in [6.07, 6.45) is 6.39. The lowest BCUT2D eigenvalue weighted by atomic mass is 9.56. The molecule has 1 heterocycles. The van der Waals surface area contributed by atoms with Crippen molar-refractivity contribution in [3.05, 3.63) is 29.3 Å². The summed E-state index contributed by atoms with van der Waals surface area (Å²) >= 11 is 0. The van der Waals surface area contributed by atoms with Crippen LogP contribution in [0.3, 0.4) is 0 Å². The van der Waals surface area contributed by atoms with Crippen molar-refractivity contribution in [2.24, 2.45) is 0 Å². The Balaban J connectivity index is 1.95. The largest absolute Gasteiger partial charge is 0.508 e. The summed E-state index contributed by atoms with van der Waals surface area (Å²) < 4.78 is 0. The molecule has 0 amide bonds. The first kappa shape index (κ1) is 15.9. The standard InChI is InChI=1S/C20H31NO/c1-5-6-7-11-21-12-10-20(4)14-18(21)19(2,3)16-9-8-15(22)13-17(16)20/h8-9,13,18,22H,5-7,10-12,14H2,1-4H3. The van der Waals surface area contributed by atoms with Crippen LogP contribution < -0.4 is 0 Å². The molecule has 2 atom stereocenters. The number of likely N-dealkylation sites (tertiary alicyclic amines) is 1. The molecule has 2 heteroatoms. The summed E-state index contributed by atoms with van der Waals surface area (Å²) in [4.78, 5) is 2.74. The van der Waals surface area contributed by atoms with Gasteiger partial charge >= 0.3 is 0 Å². The number of aromatic hydroxyl groups is 1. The van der Waals surface area contributed by atoms with Crippen LogP contribution in [-0.4, -0.2) is 29.1 Å². The van der Waals surface area contributed by atoms with Gasteiger partial charge in [-0.25, -0.2) is 0 Å². The molecule has 1 aliphatic heterocycles. The molecule has 2 aliphatic rings. The van der Waals surface area contributed by atoms with E-state index >= 15 is 0 Å². The molecule has 2 bridgehead atoms. The average molecular weight is 301 g/mol. The predicted molar refractivity (Wildman–Crippen MR) is 92.6 cm³/mol. The molecule has 122 valence electrons. The van der Waals surface area contributed by atoms with E-state index < -0.39 is 0 Å². The van der Waals surface area contributed by atoms with Gasteiger partial charge in [-0.1, -0.05) is 46.6 Å². The fourth-order valence-electron chi connectivity index (χ4n) is 4.77. The normalized spacial score (nSPS) is 30.1. The number of phenolic OH excluding ortho intramolecular Hbond substituents is 1. The molecule has 0 saturated carbocycles. The number of hydrogen-bond donors (Lipinski definition) is 1. The van der Waals surface area contributed by atoms with Gasteiger partial charge in [-0.2, -0.15) is 0 Å². The number of nitrogens with zero attached hydrogens (tertiary/aromatic N) is 1. The van der Waals surface area contributed by atoms with Gasteiger partial charge in [0.1, 0.15) is 5.75 Å². The first-order chi connectivity index (χ1) is 10.4. The lowest BCUT2D eigenvalue weighted by molar-refractivity contribution is 0.0376. The quantitative estimate of drug-likeness (QED) is 0.822. The number of hydrogen-bond acceptors (Lipinski definition) is 2. The summed E-state index contributed by atoms with van der Waals surface area (Å²) in [6.45, 7) is 11.9. The zero-order chi connectivity index (χ0) is 16.0. The molecule has 0 aromatic heterocycles. The van der Waals surface area contributed by atoms with Crippen LogP contribution in [-0.2, 0) is 10.8 Å². The third-order valence-corrected chi connectivity index (χ3v) is 6.26. The van der Waals surface area contributed by atoms with Gasteiger partial charge in [0.05, 0.1) is 0 Å². The van der Waals surface area contributed by atoms with Crippen molar-refractivity contribution in [2.45, 2.75) is 76.7 Å². The minimum absolute atomic E-state index is 0.162. The van der Waals surface area contributed by atoms with E-state index in [1.807, 2.05) is 12.1 Å². The molecule has 1 aromatic carbocycles. The zero-order valence-corrected chi connectivity index (χ0v) is 14.7. The molecular formula is C20H31NO. The predicted octanol–water partition coefficient (Wildman–Crippen LogP) is 4.60. The van der Waals surface area contributed by atoms with Gasteiger partial charge in [-0.3, -0.25) is 4.90 Å². The highest BCUT2D eigenvalue weighted by Gasteiger charge is 2.50. The fraction of sp³-hybridized carbons (Fsp3) is 0.700. The second-order valence-electron chi connectivity index (χ2n) is 8.23. The lowest BCUT2D eigenvalue weighted by Crippen LogP contribution is -2.59. The van der Waals surface area contributed by atoms with Crippen LogP contribution in [0.2, 0.25) is 0 Å². The second kappa shape index (κ2) is 5.56. The lowest BCUT2D eigenvalue weighted by Gasteiger charge is -2.57.